The van der Waals surface area contributed by atoms with Gasteiger partial charge in [0.25, 0.3) is 0 Å². The number of aliphatic hydroxyl groups excluding tert-OH is 1. The van der Waals surface area contributed by atoms with Crippen molar-refractivity contribution in [2.75, 3.05) is 0 Å². The van der Waals surface area contributed by atoms with Gasteiger partial charge in [0.05, 0.1) is 18.0 Å². The van der Waals surface area contributed by atoms with Gasteiger partial charge in [0.15, 0.2) is 0 Å². The molecule has 0 unspecified atom stereocenters. The molecular weight excluding hydrogens is 275 g/mol. The van der Waals surface area contributed by atoms with E-state index < -0.39 is 22.4 Å². The van der Waals surface area contributed by atoms with Gasteiger partial charge in [-0.1, -0.05) is 6.07 Å². The Morgan fingerprint density at radius 1 is 1.42 bits per heavy atom. The van der Waals surface area contributed by atoms with Gasteiger partial charge in [0.2, 0.25) is 10.0 Å². The largest absolute Gasteiger partial charge is 0.392 e. The van der Waals surface area contributed by atoms with Crippen molar-refractivity contribution in [2.24, 2.45) is 0 Å². The highest BCUT2D eigenvalue weighted by Crippen LogP contribution is 2.17. The molecule has 2 aromatic rings. The first kappa shape index (κ1) is 13.6. The number of aromatic nitrogens is 3. The summed E-state index contributed by atoms with van der Waals surface area (Å²) in [6.07, 6.45) is 1.24. The Kier molecular flexibility index (Phi) is 3.88. The Labute approximate surface area is 108 Å². The number of halogens is 1. The maximum atomic E-state index is 13.1. The molecule has 0 aliphatic heterocycles. The molecule has 0 radical (unpaired) electrons. The van der Waals surface area contributed by atoms with E-state index >= 15 is 0 Å². The molecule has 0 aliphatic rings. The number of nitrogens with one attached hydrogen (secondary N) is 2. The summed E-state index contributed by atoms with van der Waals surface area (Å²) in [5.74, 6) is -0.372. The van der Waals surface area contributed by atoms with Crippen molar-refractivity contribution in [2.45, 2.75) is 18.0 Å². The minimum absolute atomic E-state index is 0.107. The zero-order valence-corrected chi connectivity index (χ0v) is 10.5. The van der Waals surface area contributed by atoms with Crippen molar-refractivity contribution in [3.05, 3.63) is 41.7 Å². The molecule has 0 aliphatic carbocycles. The van der Waals surface area contributed by atoms with Crippen LogP contribution in [-0.4, -0.2) is 28.7 Å². The van der Waals surface area contributed by atoms with E-state index in [4.69, 9.17) is 5.11 Å². The molecule has 0 saturated carbocycles. The lowest BCUT2D eigenvalue weighted by atomic mass is 10.2. The predicted molar refractivity (Wildman–Crippen MR) is 62.7 cm³/mol. The van der Waals surface area contributed by atoms with Crippen LogP contribution in [0.25, 0.3) is 0 Å². The number of H-pyrrole nitrogens is 1. The summed E-state index contributed by atoms with van der Waals surface area (Å²) in [6, 6.07) is 3.16. The van der Waals surface area contributed by atoms with Crippen molar-refractivity contribution in [1.29, 1.82) is 0 Å². The van der Waals surface area contributed by atoms with E-state index in [9.17, 15) is 12.8 Å². The summed E-state index contributed by atoms with van der Waals surface area (Å²) in [4.78, 5) is 3.46. The lowest BCUT2D eigenvalue weighted by molar-refractivity contribution is 0.278. The number of rotatable bonds is 5. The first-order valence-electron chi connectivity index (χ1n) is 5.26. The zero-order chi connectivity index (χ0) is 13.9. The third-order valence-corrected chi connectivity index (χ3v) is 3.87. The molecule has 0 amide bonds. The number of aromatic amines is 1. The Balaban J connectivity index is 2.26. The fraction of sp³-hybridized carbons (Fsp3) is 0.200. The molecule has 7 nitrogen and oxygen atoms in total. The normalized spacial score (nSPS) is 11.7. The second-order valence-electron chi connectivity index (χ2n) is 3.67. The molecule has 0 saturated heterocycles. The second-order valence-corrected chi connectivity index (χ2v) is 5.40. The smallest absolute Gasteiger partial charge is 0.241 e. The summed E-state index contributed by atoms with van der Waals surface area (Å²) in [5, 5.41) is 15.1. The molecule has 1 aromatic heterocycles. The standard InChI is InChI=1S/C10H11FN4O3S/c11-8-2-1-7(5-16)9(3-8)19(17,18)14-4-10-12-6-13-15-10/h1-3,6,14,16H,4-5H2,(H,12,13,15). The van der Waals surface area contributed by atoms with Crippen molar-refractivity contribution in [3.63, 3.8) is 0 Å². The average molecular weight is 286 g/mol. The van der Waals surface area contributed by atoms with Gasteiger partial charge in [0.1, 0.15) is 18.0 Å². The summed E-state index contributed by atoms with van der Waals surface area (Å²) in [5.41, 5.74) is 0.117. The van der Waals surface area contributed by atoms with Gasteiger partial charge in [-0.2, -0.15) is 5.10 Å². The molecule has 0 spiro atoms. The molecule has 9 heteroatoms. The molecular formula is C10H11FN4O3S. The maximum Gasteiger partial charge on any atom is 0.241 e. The molecule has 102 valence electrons. The first-order valence-corrected chi connectivity index (χ1v) is 6.74. The third-order valence-electron chi connectivity index (χ3n) is 2.38. The van der Waals surface area contributed by atoms with Gasteiger partial charge in [-0.15, -0.1) is 0 Å². The summed E-state index contributed by atoms with van der Waals surface area (Å²) in [6.45, 7) is -0.609. The lowest BCUT2D eigenvalue weighted by Gasteiger charge is -2.09. The molecule has 0 fully saturated rings. The number of nitrogens with zero attached hydrogens (tertiary/aromatic N) is 2. The van der Waals surface area contributed by atoms with E-state index in [1.165, 1.54) is 12.4 Å². The van der Waals surface area contributed by atoms with Crippen LogP contribution >= 0.6 is 0 Å². The number of hydrogen-bond donors (Lipinski definition) is 3. The van der Waals surface area contributed by atoms with Gasteiger partial charge in [-0.25, -0.2) is 22.5 Å². The van der Waals surface area contributed by atoms with Crippen LogP contribution in [0.3, 0.4) is 0 Å². The fourth-order valence-corrected chi connectivity index (χ4v) is 2.69. The molecule has 2 rings (SSSR count). The number of hydrogen-bond acceptors (Lipinski definition) is 5. The second kappa shape index (κ2) is 5.43. The minimum Gasteiger partial charge on any atom is -0.392 e. The summed E-state index contributed by atoms with van der Waals surface area (Å²) < 4.78 is 39.4. The van der Waals surface area contributed by atoms with Gasteiger partial charge in [0, 0.05) is 0 Å². The van der Waals surface area contributed by atoms with E-state index in [0.717, 1.165) is 12.1 Å². The molecule has 0 atom stereocenters. The van der Waals surface area contributed by atoms with Crippen LogP contribution in [0.2, 0.25) is 0 Å². The molecule has 1 heterocycles. The molecule has 19 heavy (non-hydrogen) atoms. The van der Waals surface area contributed by atoms with E-state index in [2.05, 4.69) is 19.9 Å². The van der Waals surface area contributed by atoms with E-state index in [-0.39, 0.29) is 17.0 Å². The average Bonchev–Trinajstić information content (AvgIpc) is 2.89. The topological polar surface area (TPSA) is 108 Å². The fourth-order valence-electron chi connectivity index (χ4n) is 1.47. The summed E-state index contributed by atoms with van der Waals surface area (Å²) >= 11 is 0. The molecule has 1 aromatic carbocycles. The Hall–Kier alpha value is -1.84. The predicted octanol–water partition coefficient (Wildman–Crippen LogP) is -0.0854. The Bertz CT molecular complexity index is 657. The highest BCUT2D eigenvalue weighted by Gasteiger charge is 2.19. The minimum atomic E-state index is -3.94. The van der Waals surface area contributed by atoms with Crippen molar-refractivity contribution in [1.82, 2.24) is 19.9 Å². The van der Waals surface area contributed by atoms with Gasteiger partial charge >= 0.3 is 0 Å². The summed E-state index contributed by atoms with van der Waals surface area (Å²) in [7, 11) is -3.94. The number of sulfonamides is 1. The molecule has 3 N–H and O–H groups in total. The van der Waals surface area contributed by atoms with Crippen molar-refractivity contribution >= 4 is 10.0 Å². The monoisotopic (exact) mass is 286 g/mol. The van der Waals surface area contributed by atoms with Crippen LogP contribution in [0.4, 0.5) is 4.39 Å². The van der Waals surface area contributed by atoms with Crippen LogP contribution in [0.1, 0.15) is 11.4 Å². The SMILES string of the molecule is O=S(=O)(NCc1ncn[nH]1)c1cc(F)ccc1CO. The van der Waals surface area contributed by atoms with Gasteiger partial charge in [-0.05, 0) is 17.7 Å². The third kappa shape index (κ3) is 3.13. The van der Waals surface area contributed by atoms with Crippen LogP contribution in [0.5, 0.6) is 0 Å². The van der Waals surface area contributed by atoms with E-state index in [1.54, 1.807) is 0 Å². The van der Waals surface area contributed by atoms with Crippen LogP contribution in [-0.2, 0) is 23.2 Å². The lowest BCUT2D eigenvalue weighted by Crippen LogP contribution is -2.25. The highest BCUT2D eigenvalue weighted by atomic mass is 32.2. The quantitative estimate of drug-likeness (QED) is 0.712. The van der Waals surface area contributed by atoms with Crippen LogP contribution in [0.15, 0.2) is 29.4 Å². The number of aliphatic hydroxyl groups is 1. The molecule has 0 bridgehead atoms. The Morgan fingerprint density at radius 3 is 2.84 bits per heavy atom. The van der Waals surface area contributed by atoms with Crippen LogP contribution < -0.4 is 4.72 Å². The van der Waals surface area contributed by atoms with Crippen molar-refractivity contribution in [3.8, 4) is 0 Å². The van der Waals surface area contributed by atoms with Gasteiger partial charge < -0.3 is 5.11 Å². The first-order chi connectivity index (χ1) is 9.03. The zero-order valence-electron chi connectivity index (χ0n) is 9.67. The van der Waals surface area contributed by atoms with E-state index in [0.29, 0.717) is 5.82 Å². The highest BCUT2D eigenvalue weighted by molar-refractivity contribution is 7.89. The Morgan fingerprint density at radius 2 is 2.21 bits per heavy atom. The van der Waals surface area contributed by atoms with Crippen molar-refractivity contribution < 1.29 is 17.9 Å². The number of benzene rings is 1. The maximum absolute atomic E-state index is 13.1. The van der Waals surface area contributed by atoms with E-state index in [1.807, 2.05) is 0 Å². The van der Waals surface area contributed by atoms with Crippen LogP contribution in [0, 0.1) is 5.82 Å². The van der Waals surface area contributed by atoms with Gasteiger partial charge in [-0.3, -0.25) is 5.10 Å².